The van der Waals surface area contributed by atoms with E-state index < -0.39 is 0 Å². The standard InChI is InChI=1S/C20H21N4O2S.C2H6/c1-13-5-7-14(8-6-13)23-12-21-18-15(19(23)25)11-27-20-17(18)16(22(2)3)9-10-24(20)26-4;1-2/h5-10,12H,11H2,1-4H3;1-2H3/q+1;. The van der Waals surface area contributed by atoms with Crippen LogP contribution in [0, 0.1) is 6.92 Å². The predicted octanol–water partition coefficient (Wildman–Crippen LogP) is 3.25. The van der Waals surface area contributed by atoms with Gasteiger partial charge in [-0.15, -0.1) is 0 Å². The number of benzene rings is 1. The highest BCUT2D eigenvalue weighted by Crippen LogP contribution is 2.41. The van der Waals surface area contributed by atoms with Crippen molar-refractivity contribution in [1.29, 1.82) is 0 Å². The summed E-state index contributed by atoms with van der Waals surface area (Å²) in [5.41, 5.74) is 5.33. The number of aromatic nitrogens is 3. The zero-order valence-corrected chi connectivity index (χ0v) is 18.6. The molecule has 1 aliphatic heterocycles. The molecule has 0 spiro atoms. The van der Waals surface area contributed by atoms with Crippen molar-refractivity contribution in [2.75, 3.05) is 26.1 Å². The highest BCUT2D eigenvalue weighted by atomic mass is 32.2. The molecule has 0 amide bonds. The Morgan fingerprint density at radius 1 is 1.17 bits per heavy atom. The molecule has 1 aromatic carbocycles. The second-order valence-electron chi connectivity index (χ2n) is 6.66. The molecule has 0 fully saturated rings. The van der Waals surface area contributed by atoms with Gasteiger partial charge in [-0.3, -0.25) is 14.2 Å². The van der Waals surface area contributed by atoms with Crippen LogP contribution in [-0.4, -0.2) is 30.8 Å². The average molecular weight is 412 g/mol. The Labute approximate surface area is 175 Å². The number of nitrogens with zero attached hydrogens (tertiary/aromatic N) is 4. The Morgan fingerprint density at radius 3 is 2.48 bits per heavy atom. The molecule has 7 heteroatoms. The maximum Gasteiger partial charge on any atom is 0.303 e. The summed E-state index contributed by atoms with van der Waals surface area (Å²) < 4.78 is 3.34. The molecule has 0 unspecified atom stereocenters. The Hall–Kier alpha value is -2.80. The highest BCUT2D eigenvalue weighted by Gasteiger charge is 2.33. The van der Waals surface area contributed by atoms with Crippen LogP contribution < -0.4 is 20.0 Å². The van der Waals surface area contributed by atoms with Crippen molar-refractivity contribution in [2.24, 2.45) is 0 Å². The lowest BCUT2D eigenvalue weighted by molar-refractivity contribution is -0.912. The molecule has 2 aromatic heterocycles. The number of fused-ring (bicyclic) bond motifs is 3. The third-order valence-corrected chi connectivity index (χ3v) is 5.77. The lowest BCUT2D eigenvalue weighted by Crippen LogP contribution is -2.44. The average Bonchev–Trinajstić information content (AvgIpc) is 2.75. The zero-order valence-electron chi connectivity index (χ0n) is 17.8. The second-order valence-corrected chi connectivity index (χ2v) is 7.62. The molecule has 152 valence electrons. The number of pyridine rings is 1. The number of rotatable bonds is 3. The Bertz CT molecular complexity index is 1080. The third kappa shape index (κ3) is 3.74. The van der Waals surface area contributed by atoms with Gasteiger partial charge in [-0.2, -0.15) is 0 Å². The van der Waals surface area contributed by atoms with Gasteiger partial charge in [-0.05, 0) is 30.8 Å². The molecule has 0 saturated heterocycles. The number of aryl methyl sites for hydroxylation is 1. The van der Waals surface area contributed by atoms with Crippen LogP contribution in [0.25, 0.3) is 16.9 Å². The van der Waals surface area contributed by atoms with E-state index in [0.29, 0.717) is 11.3 Å². The summed E-state index contributed by atoms with van der Waals surface area (Å²) in [5, 5.41) is 0.955. The summed E-state index contributed by atoms with van der Waals surface area (Å²) in [6, 6.07) is 9.86. The van der Waals surface area contributed by atoms with Gasteiger partial charge in [0.25, 0.3) is 5.56 Å². The van der Waals surface area contributed by atoms with E-state index in [9.17, 15) is 4.79 Å². The molecule has 3 heterocycles. The van der Waals surface area contributed by atoms with Gasteiger partial charge < -0.3 is 4.90 Å². The molecule has 6 nitrogen and oxygen atoms in total. The first-order chi connectivity index (χ1) is 14.0. The van der Waals surface area contributed by atoms with E-state index in [-0.39, 0.29) is 5.56 Å². The molecule has 0 N–H and O–H groups in total. The molecule has 3 aromatic rings. The van der Waals surface area contributed by atoms with Gasteiger partial charge in [0.2, 0.25) is 6.20 Å². The van der Waals surface area contributed by atoms with Crippen molar-refractivity contribution in [3.05, 3.63) is 64.3 Å². The van der Waals surface area contributed by atoms with E-state index in [2.05, 4.69) is 0 Å². The summed E-state index contributed by atoms with van der Waals surface area (Å²) in [6.45, 7) is 6.03. The normalized spacial score (nSPS) is 11.7. The minimum atomic E-state index is -0.0282. The second kappa shape index (κ2) is 8.69. The largest absolute Gasteiger partial charge is 0.377 e. The van der Waals surface area contributed by atoms with E-state index in [0.717, 1.165) is 33.2 Å². The van der Waals surface area contributed by atoms with Crippen molar-refractivity contribution in [1.82, 2.24) is 9.55 Å². The van der Waals surface area contributed by atoms with Crippen LogP contribution >= 0.6 is 11.8 Å². The highest BCUT2D eigenvalue weighted by molar-refractivity contribution is 7.98. The lowest BCUT2D eigenvalue weighted by Gasteiger charge is -2.22. The first-order valence-electron chi connectivity index (χ1n) is 9.62. The molecular formula is C22H27N4O2S+. The van der Waals surface area contributed by atoms with E-state index in [1.54, 1.807) is 34.5 Å². The maximum absolute atomic E-state index is 13.2. The SMILES string of the molecule is CC.CO[n+]1ccc(N(C)C)c2c1SCc1c-2ncn(-c2ccc(C)cc2)c1=O. The monoisotopic (exact) mass is 411 g/mol. The minimum Gasteiger partial charge on any atom is -0.377 e. The number of hydrogen-bond acceptors (Lipinski definition) is 5. The van der Waals surface area contributed by atoms with Crippen LogP contribution in [0.5, 0.6) is 0 Å². The van der Waals surface area contributed by atoms with Crippen LogP contribution in [0.4, 0.5) is 5.69 Å². The molecule has 0 saturated carbocycles. The summed E-state index contributed by atoms with van der Waals surface area (Å²) in [4.78, 5) is 25.4. The van der Waals surface area contributed by atoms with Crippen LogP contribution in [0.3, 0.4) is 0 Å². The van der Waals surface area contributed by atoms with Gasteiger partial charge in [0, 0.05) is 30.6 Å². The van der Waals surface area contributed by atoms with E-state index in [1.165, 1.54) is 0 Å². The lowest BCUT2D eigenvalue weighted by atomic mass is 10.1. The van der Waals surface area contributed by atoms with Gasteiger partial charge in [0.15, 0.2) is 0 Å². The Kier molecular flexibility index (Phi) is 6.27. The maximum atomic E-state index is 13.2. The molecular weight excluding hydrogens is 384 g/mol. The fourth-order valence-corrected chi connectivity index (χ4v) is 4.40. The molecule has 29 heavy (non-hydrogen) atoms. The van der Waals surface area contributed by atoms with Crippen molar-refractivity contribution >= 4 is 17.4 Å². The van der Waals surface area contributed by atoms with Gasteiger partial charge in [0.05, 0.1) is 22.6 Å². The molecule has 0 radical (unpaired) electrons. The molecule has 1 aliphatic rings. The molecule has 0 bridgehead atoms. The topological polar surface area (TPSA) is 51.2 Å². The van der Waals surface area contributed by atoms with Crippen LogP contribution in [0.15, 0.2) is 52.7 Å². The first-order valence-corrected chi connectivity index (χ1v) is 10.6. The van der Waals surface area contributed by atoms with Gasteiger partial charge in [0.1, 0.15) is 19.0 Å². The number of hydrogen-bond donors (Lipinski definition) is 0. The number of anilines is 1. The van der Waals surface area contributed by atoms with E-state index in [1.807, 2.05) is 76.3 Å². The Balaban J connectivity index is 0.00000117. The molecule has 0 aliphatic carbocycles. The third-order valence-electron chi connectivity index (χ3n) is 4.68. The zero-order chi connectivity index (χ0) is 21.1. The summed E-state index contributed by atoms with van der Waals surface area (Å²) in [7, 11) is 5.60. The first kappa shape index (κ1) is 20.9. The number of thioether (sulfide) groups is 1. The van der Waals surface area contributed by atoms with Crippen molar-refractivity contribution < 1.29 is 9.57 Å². The fraction of sp³-hybridized carbons (Fsp3) is 0.318. The van der Waals surface area contributed by atoms with E-state index >= 15 is 0 Å². The van der Waals surface area contributed by atoms with Crippen LogP contribution in [0.1, 0.15) is 25.0 Å². The molecule has 4 rings (SSSR count). The van der Waals surface area contributed by atoms with Crippen molar-refractivity contribution in [3.8, 4) is 16.9 Å². The predicted molar refractivity (Wildman–Crippen MR) is 118 cm³/mol. The van der Waals surface area contributed by atoms with Crippen LogP contribution in [0.2, 0.25) is 0 Å². The minimum absolute atomic E-state index is 0.0282. The van der Waals surface area contributed by atoms with Gasteiger partial charge >= 0.3 is 5.03 Å². The fourth-order valence-electron chi connectivity index (χ4n) is 3.25. The summed E-state index contributed by atoms with van der Waals surface area (Å²) >= 11 is 1.59. The van der Waals surface area contributed by atoms with E-state index in [4.69, 9.17) is 9.82 Å². The van der Waals surface area contributed by atoms with Crippen molar-refractivity contribution in [3.63, 3.8) is 0 Å². The quantitative estimate of drug-likeness (QED) is 0.619. The smallest absolute Gasteiger partial charge is 0.303 e. The Morgan fingerprint density at radius 2 is 1.86 bits per heavy atom. The summed E-state index contributed by atoms with van der Waals surface area (Å²) in [6.07, 6.45) is 3.51. The van der Waals surface area contributed by atoms with Gasteiger partial charge in [-0.25, -0.2) is 4.98 Å². The molecule has 0 atom stereocenters. The van der Waals surface area contributed by atoms with Crippen molar-refractivity contribution in [2.45, 2.75) is 31.6 Å². The van der Waals surface area contributed by atoms with Crippen LogP contribution in [-0.2, 0) is 5.75 Å². The van der Waals surface area contributed by atoms with Gasteiger partial charge in [-0.1, -0.05) is 31.5 Å². The summed E-state index contributed by atoms with van der Waals surface area (Å²) in [5.74, 6) is 0.557.